The molecule has 148 valence electrons. The molecule has 1 N–H and O–H groups in total. The first-order valence-corrected chi connectivity index (χ1v) is 11.1. The van der Waals surface area contributed by atoms with Crippen LogP contribution in [-0.4, -0.2) is 24.7 Å². The number of thiophene rings is 1. The third-order valence-electron chi connectivity index (χ3n) is 4.61. The molecule has 4 rings (SSSR count). The summed E-state index contributed by atoms with van der Waals surface area (Å²) < 4.78 is 5.45. The highest BCUT2D eigenvalue weighted by atomic mass is 32.2. The van der Waals surface area contributed by atoms with Crippen LogP contribution >= 0.6 is 23.1 Å². The van der Waals surface area contributed by atoms with Crippen LogP contribution in [0, 0.1) is 0 Å². The van der Waals surface area contributed by atoms with Crippen molar-refractivity contribution in [3.63, 3.8) is 0 Å². The second-order valence-corrected chi connectivity index (χ2v) is 8.63. The summed E-state index contributed by atoms with van der Waals surface area (Å²) in [4.78, 5) is 27.6. The van der Waals surface area contributed by atoms with Gasteiger partial charge in [0.25, 0.3) is 0 Å². The van der Waals surface area contributed by atoms with Crippen molar-refractivity contribution in [2.75, 3.05) is 23.1 Å². The minimum Gasteiger partial charge on any atom is -0.495 e. The number of rotatable bonds is 6. The molecule has 1 atom stereocenters. The van der Waals surface area contributed by atoms with E-state index in [0.29, 0.717) is 17.9 Å². The Morgan fingerprint density at radius 1 is 1.14 bits per heavy atom. The highest BCUT2D eigenvalue weighted by Gasteiger charge is 2.35. The maximum absolute atomic E-state index is 12.6. The fourth-order valence-electron chi connectivity index (χ4n) is 3.27. The average molecular weight is 425 g/mol. The van der Waals surface area contributed by atoms with Crippen LogP contribution in [-0.2, 0) is 16.0 Å². The normalized spacial score (nSPS) is 16.1. The van der Waals surface area contributed by atoms with Crippen molar-refractivity contribution >= 4 is 46.3 Å². The Hall–Kier alpha value is -2.77. The number of hydrogen-bond acceptors (Lipinski definition) is 5. The molecular formula is C22H20N2O3S2. The summed E-state index contributed by atoms with van der Waals surface area (Å²) in [7, 11) is 1.61. The molecule has 0 spiro atoms. The quantitative estimate of drug-likeness (QED) is 0.622. The first-order valence-electron chi connectivity index (χ1n) is 9.14. The van der Waals surface area contributed by atoms with Crippen molar-refractivity contribution in [3.8, 4) is 5.75 Å². The lowest BCUT2D eigenvalue weighted by atomic mass is 10.1. The Bertz CT molecular complexity index is 1000. The van der Waals surface area contributed by atoms with Crippen molar-refractivity contribution in [1.29, 1.82) is 0 Å². The summed E-state index contributed by atoms with van der Waals surface area (Å²) in [5, 5.41) is 4.76. The zero-order valence-electron chi connectivity index (χ0n) is 15.8. The number of carbonyl (C=O) groups is 2. The first kappa shape index (κ1) is 19.5. The lowest BCUT2D eigenvalue weighted by Gasteiger charge is -2.26. The number of methoxy groups -OCH3 is 1. The van der Waals surface area contributed by atoms with Crippen LogP contribution in [0.1, 0.15) is 15.8 Å². The number of amides is 2. The average Bonchev–Trinajstić information content (AvgIpc) is 3.38. The largest absolute Gasteiger partial charge is 0.495 e. The Morgan fingerprint density at radius 3 is 2.66 bits per heavy atom. The van der Waals surface area contributed by atoms with Gasteiger partial charge in [0.15, 0.2) is 0 Å². The lowest BCUT2D eigenvalue weighted by molar-refractivity contribution is -0.116. The molecule has 2 amide bonds. The summed E-state index contributed by atoms with van der Waals surface area (Å²) in [5.41, 5.74) is 2.51. The van der Waals surface area contributed by atoms with Gasteiger partial charge in [-0.15, -0.1) is 23.1 Å². The molecule has 1 fully saturated rings. The number of carbonyl (C=O) groups excluding carboxylic acids is 2. The fourth-order valence-corrected chi connectivity index (χ4v) is 5.14. The number of nitrogens with zero attached hydrogens (tertiary/aromatic N) is 1. The zero-order chi connectivity index (χ0) is 20.2. The summed E-state index contributed by atoms with van der Waals surface area (Å²) >= 11 is 3.15. The molecule has 0 aliphatic carbocycles. The van der Waals surface area contributed by atoms with Crippen LogP contribution in [0.4, 0.5) is 11.4 Å². The van der Waals surface area contributed by atoms with E-state index in [-0.39, 0.29) is 17.2 Å². The van der Waals surface area contributed by atoms with Crippen molar-refractivity contribution in [1.82, 2.24) is 0 Å². The molecule has 1 aromatic heterocycles. The van der Waals surface area contributed by atoms with E-state index >= 15 is 0 Å². The first-order chi connectivity index (χ1) is 14.2. The summed E-state index contributed by atoms with van der Waals surface area (Å²) in [6.07, 6.45) is 0.369. The minimum absolute atomic E-state index is 0.0405. The molecule has 0 bridgehead atoms. The molecule has 0 radical (unpaired) electrons. The molecule has 7 heteroatoms. The molecule has 1 aliphatic rings. The molecule has 0 saturated carbocycles. The molecule has 2 aromatic carbocycles. The number of thioether (sulfide) groups is 1. The summed E-state index contributed by atoms with van der Waals surface area (Å²) in [5.74, 6) is 1.10. The van der Waals surface area contributed by atoms with E-state index in [1.165, 1.54) is 0 Å². The van der Waals surface area contributed by atoms with Gasteiger partial charge in [0.2, 0.25) is 11.8 Å². The molecular weight excluding hydrogens is 404 g/mol. The Balaban J connectivity index is 1.50. The van der Waals surface area contributed by atoms with E-state index in [9.17, 15) is 9.59 Å². The molecule has 1 saturated heterocycles. The highest BCUT2D eigenvalue weighted by Crippen LogP contribution is 2.44. The molecule has 2 heterocycles. The van der Waals surface area contributed by atoms with E-state index in [0.717, 1.165) is 21.8 Å². The third-order valence-corrected chi connectivity index (χ3v) is 6.70. The van der Waals surface area contributed by atoms with Gasteiger partial charge in [-0.05, 0) is 41.3 Å². The molecule has 3 aromatic rings. The zero-order valence-corrected chi connectivity index (χ0v) is 17.5. The van der Waals surface area contributed by atoms with Crippen LogP contribution < -0.4 is 15.0 Å². The van der Waals surface area contributed by atoms with Crippen LogP contribution in [0.25, 0.3) is 0 Å². The van der Waals surface area contributed by atoms with Crippen molar-refractivity contribution in [2.45, 2.75) is 11.8 Å². The number of benzene rings is 2. The number of hydrogen-bond donors (Lipinski definition) is 1. The van der Waals surface area contributed by atoms with Crippen molar-refractivity contribution < 1.29 is 14.3 Å². The predicted molar refractivity (Wildman–Crippen MR) is 119 cm³/mol. The van der Waals surface area contributed by atoms with Crippen LogP contribution in [0.3, 0.4) is 0 Å². The number of para-hydroxylation sites is 2. The third kappa shape index (κ3) is 4.31. The SMILES string of the molecule is COc1ccccc1N1C(=O)CSC1c1ccc(NC(=O)Cc2cccs2)cc1. The summed E-state index contributed by atoms with van der Waals surface area (Å²) in [6, 6.07) is 19.1. The van der Waals surface area contributed by atoms with Crippen molar-refractivity contribution in [2.24, 2.45) is 0 Å². The fraction of sp³-hybridized carbons (Fsp3) is 0.182. The Labute approximate surface area is 177 Å². The predicted octanol–water partition coefficient (Wildman–Crippen LogP) is 4.72. The van der Waals surface area contributed by atoms with Crippen LogP contribution in [0.5, 0.6) is 5.75 Å². The molecule has 29 heavy (non-hydrogen) atoms. The standard InChI is InChI=1S/C22H20N2O3S2/c1-27-19-7-3-2-6-18(19)24-21(26)14-29-22(24)15-8-10-16(11-9-15)23-20(25)13-17-5-4-12-28-17/h2-12,22H,13-14H2,1H3,(H,23,25). The number of nitrogens with one attached hydrogen (secondary N) is 1. The van der Waals surface area contributed by atoms with Gasteiger partial charge in [-0.3, -0.25) is 14.5 Å². The van der Waals surface area contributed by atoms with Gasteiger partial charge in [-0.25, -0.2) is 0 Å². The summed E-state index contributed by atoms with van der Waals surface area (Å²) in [6.45, 7) is 0. The van der Waals surface area contributed by atoms with Crippen molar-refractivity contribution in [3.05, 3.63) is 76.5 Å². The molecule has 5 nitrogen and oxygen atoms in total. The van der Waals surface area contributed by atoms with E-state index in [2.05, 4.69) is 5.32 Å². The number of anilines is 2. The van der Waals surface area contributed by atoms with Gasteiger partial charge in [0.05, 0.1) is 25.0 Å². The van der Waals surface area contributed by atoms with Gasteiger partial charge in [0, 0.05) is 10.6 Å². The lowest BCUT2D eigenvalue weighted by Crippen LogP contribution is -2.28. The van der Waals surface area contributed by atoms with E-state index in [1.807, 2.05) is 66.0 Å². The number of ether oxygens (including phenoxy) is 1. The monoisotopic (exact) mass is 424 g/mol. The van der Waals surface area contributed by atoms with E-state index in [4.69, 9.17) is 4.74 Å². The van der Waals surface area contributed by atoms with E-state index < -0.39 is 0 Å². The van der Waals surface area contributed by atoms with Crippen LogP contribution in [0.2, 0.25) is 0 Å². The Morgan fingerprint density at radius 2 is 1.93 bits per heavy atom. The van der Waals surface area contributed by atoms with Gasteiger partial charge < -0.3 is 10.1 Å². The second kappa shape index (κ2) is 8.71. The second-order valence-electron chi connectivity index (χ2n) is 6.53. The van der Waals surface area contributed by atoms with Crippen LogP contribution in [0.15, 0.2) is 66.0 Å². The maximum atomic E-state index is 12.6. The molecule has 1 aliphatic heterocycles. The maximum Gasteiger partial charge on any atom is 0.238 e. The van der Waals surface area contributed by atoms with Gasteiger partial charge in [-0.1, -0.05) is 30.3 Å². The van der Waals surface area contributed by atoms with Gasteiger partial charge in [-0.2, -0.15) is 0 Å². The Kier molecular flexibility index (Phi) is 5.87. The molecule has 1 unspecified atom stereocenters. The highest BCUT2D eigenvalue weighted by molar-refractivity contribution is 8.00. The van der Waals surface area contributed by atoms with Gasteiger partial charge >= 0.3 is 0 Å². The smallest absolute Gasteiger partial charge is 0.238 e. The van der Waals surface area contributed by atoms with Gasteiger partial charge in [0.1, 0.15) is 11.1 Å². The van der Waals surface area contributed by atoms with E-state index in [1.54, 1.807) is 35.1 Å². The topological polar surface area (TPSA) is 58.6 Å². The minimum atomic E-state index is -0.130.